The molecule has 0 radical (unpaired) electrons. The second-order valence-electron chi connectivity index (χ2n) is 12.4. The van der Waals surface area contributed by atoms with Crippen LogP contribution >= 0.6 is 0 Å². The Morgan fingerprint density at radius 1 is 0.742 bits per heavy atom. The largest absolute Gasteiger partial charge is 1.00 e. The molecule has 2 unspecified atom stereocenters. The van der Waals surface area contributed by atoms with Gasteiger partial charge in [0.25, 0.3) is 0 Å². The molecule has 2 aliphatic carbocycles. The summed E-state index contributed by atoms with van der Waals surface area (Å²) in [7, 11) is -0.101. The van der Waals surface area contributed by atoms with Crippen LogP contribution in [-0.4, -0.2) is 16.6 Å². The van der Waals surface area contributed by atoms with Gasteiger partial charge in [-0.1, -0.05) is 26.2 Å². The smallest absolute Gasteiger partial charge is 0.0307 e. The van der Waals surface area contributed by atoms with Gasteiger partial charge >= 0.3 is 156 Å². The summed E-state index contributed by atoms with van der Waals surface area (Å²) in [5, 5.41) is 0. The van der Waals surface area contributed by atoms with Crippen LogP contribution in [0.15, 0.2) is 41.0 Å². The van der Waals surface area contributed by atoms with Gasteiger partial charge in [-0.15, -0.1) is 0 Å². The summed E-state index contributed by atoms with van der Waals surface area (Å²) < 4.78 is 3.62. The van der Waals surface area contributed by atoms with Gasteiger partial charge < -0.3 is 24.8 Å². The molecule has 0 amide bonds. The third-order valence-electron chi connectivity index (χ3n) is 6.31. The zero-order valence-electron chi connectivity index (χ0n) is 22.8. The minimum absolute atomic E-state index is 0. The molecule has 5 heteroatoms. The monoisotopic (exact) mass is 576 g/mol. The fourth-order valence-electron chi connectivity index (χ4n) is 4.08. The second-order valence-corrected chi connectivity index (χ2v) is 29.9. The van der Waals surface area contributed by atoms with Crippen molar-refractivity contribution in [2.24, 2.45) is 22.7 Å². The summed E-state index contributed by atoms with van der Waals surface area (Å²) in [5.74, 6) is 1.31. The van der Waals surface area contributed by atoms with Crippen LogP contribution < -0.4 is 24.8 Å². The Labute approximate surface area is 222 Å². The predicted octanol–water partition coefficient (Wildman–Crippen LogP) is 1.91. The molecule has 0 aromatic heterocycles. The molecular formula is C26H48Cl2Si2Zr. The van der Waals surface area contributed by atoms with Gasteiger partial charge in [-0.25, -0.2) is 0 Å². The van der Waals surface area contributed by atoms with E-state index in [9.17, 15) is 0 Å². The third-order valence-corrected chi connectivity index (χ3v) is 20.2. The molecule has 0 N–H and O–H groups in total. The predicted molar refractivity (Wildman–Crippen MR) is 137 cm³/mol. The first kappa shape index (κ1) is 34.0. The third kappa shape index (κ3) is 9.56. The summed E-state index contributed by atoms with van der Waals surface area (Å²) in [4.78, 5) is 0. The van der Waals surface area contributed by atoms with E-state index in [1.54, 1.807) is 22.3 Å². The SMILES string of the molecule is CC1=[C]([Zr+2][C]2=C(C)C(C(C)(C)C)=CC2C)C(C)C=C1C(C)(C)C.C[SiH2][Si](C)(C)C.[Cl-].[Cl-]. The average molecular weight is 579 g/mol. The first-order valence-corrected chi connectivity index (χ1v) is 21.2. The van der Waals surface area contributed by atoms with Crippen molar-refractivity contribution in [3.05, 3.63) is 41.0 Å². The van der Waals surface area contributed by atoms with E-state index in [1.807, 2.05) is 6.56 Å². The van der Waals surface area contributed by atoms with Crippen LogP contribution in [0.1, 0.15) is 69.2 Å². The van der Waals surface area contributed by atoms with Crippen molar-refractivity contribution < 1.29 is 48.0 Å². The van der Waals surface area contributed by atoms with Gasteiger partial charge in [0.15, 0.2) is 0 Å². The molecule has 0 bridgehead atoms. The van der Waals surface area contributed by atoms with E-state index in [0.29, 0.717) is 20.9 Å². The van der Waals surface area contributed by atoms with Gasteiger partial charge in [0.05, 0.1) is 0 Å². The van der Waals surface area contributed by atoms with Gasteiger partial charge in [-0.2, -0.15) is 0 Å². The molecule has 0 aromatic rings. The molecule has 0 saturated carbocycles. The molecule has 0 aliphatic heterocycles. The van der Waals surface area contributed by atoms with Gasteiger partial charge in [0.2, 0.25) is 0 Å². The summed E-state index contributed by atoms with van der Waals surface area (Å²) in [6.45, 7) is 33.4. The van der Waals surface area contributed by atoms with E-state index in [1.165, 1.54) is 0 Å². The van der Waals surface area contributed by atoms with E-state index in [2.05, 4.69) is 108 Å². The Hall–Kier alpha value is 0.857. The Bertz CT molecular complexity index is 683. The van der Waals surface area contributed by atoms with Crippen molar-refractivity contribution >= 4 is 16.6 Å². The minimum Gasteiger partial charge on any atom is -1.00 e. The first-order chi connectivity index (χ1) is 12.9. The van der Waals surface area contributed by atoms with Gasteiger partial charge in [0, 0.05) is 16.6 Å². The molecule has 2 atom stereocenters. The quantitative estimate of drug-likeness (QED) is 0.449. The van der Waals surface area contributed by atoms with Crippen LogP contribution in [0.25, 0.3) is 0 Å². The van der Waals surface area contributed by atoms with Gasteiger partial charge in [-0.05, 0) is 0 Å². The Balaban J connectivity index is 0. The Morgan fingerprint density at radius 2 is 1.00 bits per heavy atom. The first-order valence-electron chi connectivity index (χ1n) is 11.5. The molecule has 31 heavy (non-hydrogen) atoms. The summed E-state index contributed by atoms with van der Waals surface area (Å²) in [6, 6.07) is 0. The molecule has 0 heterocycles. The summed E-state index contributed by atoms with van der Waals surface area (Å²) >= 11 is -0.685. The maximum absolute atomic E-state index is 2.54. The van der Waals surface area contributed by atoms with Crippen molar-refractivity contribution in [3.63, 3.8) is 0 Å². The van der Waals surface area contributed by atoms with E-state index in [0.717, 1.165) is 0 Å². The molecule has 0 nitrogen and oxygen atoms in total. The van der Waals surface area contributed by atoms with Crippen LogP contribution in [0.4, 0.5) is 0 Å². The molecule has 2 aliphatic rings. The maximum atomic E-state index is 2.54. The molecule has 0 saturated heterocycles. The zero-order valence-corrected chi connectivity index (χ0v) is 29.2. The molecule has 0 fully saturated rings. The van der Waals surface area contributed by atoms with Crippen LogP contribution in [0, 0.1) is 22.7 Å². The number of rotatable bonds is 3. The normalized spacial score (nSPS) is 21.9. The maximum Gasteiger partial charge on any atom is 0.0307 e. The van der Waals surface area contributed by atoms with E-state index >= 15 is 0 Å². The topological polar surface area (TPSA) is 0 Å². The van der Waals surface area contributed by atoms with E-state index in [4.69, 9.17) is 0 Å². The number of halogens is 2. The van der Waals surface area contributed by atoms with Crippen LogP contribution in [-0.2, 0) is 23.2 Å². The van der Waals surface area contributed by atoms with Crippen molar-refractivity contribution in [1.29, 1.82) is 0 Å². The molecule has 0 aromatic carbocycles. The van der Waals surface area contributed by atoms with Crippen molar-refractivity contribution in [1.82, 2.24) is 0 Å². The molecule has 0 spiro atoms. The van der Waals surface area contributed by atoms with Crippen LogP contribution in [0.5, 0.6) is 0 Å². The molecule has 178 valence electrons. The zero-order chi connectivity index (χ0) is 22.9. The summed E-state index contributed by atoms with van der Waals surface area (Å²) in [5.41, 5.74) is 6.97. The Kier molecular flexibility index (Phi) is 13.8. The van der Waals surface area contributed by atoms with E-state index in [-0.39, 0.29) is 35.6 Å². The number of hydrogen-bond donors (Lipinski definition) is 0. The Morgan fingerprint density at radius 3 is 1.16 bits per heavy atom. The number of allylic oxidation sites excluding steroid dienone is 8. The number of hydrogen-bond acceptors (Lipinski definition) is 0. The molecule has 2 rings (SSSR count). The standard InChI is InChI=1S/2C11H17.C4H14Si2.2ClH.Zr/c2*1-8-6-9(2)10(7-8)11(3,4)5;1-5-6(2,3)4;;;/h2*7-8H,1-5H3;5H2,1-4H3;2*1H;/q;;;;;+2/p-2. The minimum atomic E-state index is -0.685. The fraction of sp³-hybridized carbons (Fsp3) is 0.692. The second kappa shape index (κ2) is 12.5. The molecular weight excluding hydrogens is 531 g/mol. The van der Waals surface area contributed by atoms with E-state index < -0.39 is 30.8 Å². The average Bonchev–Trinajstić information content (AvgIpc) is 2.98. The van der Waals surface area contributed by atoms with Crippen molar-refractivity contribution in [2.75, 3.05) is 0 Å². The van der Waals surface area contributed by atoms with Crippen LogP contribution in [0.3, 0.4) is 0 Å². The van der Waals surface area contributed by atoms with Gasteiger partial charge in [-0.3, -0.25) is 0 Å². The fourth-order valence-corrected chi connectivity index (χ4v) is 7.90. The van der Waals surface area contributed by atoms with Gasteiger partial charge in [0.1, 0.15) is 0 Å². The van der Waals surface area contributed by atoms with Crippen molar-refractivity contribution in [3.8, 4) is 0 Å². The van der Waals surface area contributed by atoms with Crippen LogP contribution in [0.2, 0.25) is 26.2 Å². The summed E-state index contributed by atoms with van der Waals surface area (Å²) in [6.07, 6.45) is 5.08. The van der Waals surface area contributed by atoms with Crippen molar-refractivity contribution in [2.45, 2.75) is 95.4 Å².